The molecule has 1 fully saturated rings. The zero-order valence-electron chi connectivity index (χ0n) is 15.6. The van der Waals surface area contributed by atoms with Gasteiger partial charge in [0.15, 0.2) is 0 Å². The first-order valence-electron chi connectivity index (χ1n) is 8.80. The van der Waals surface area contributed by atoms with Crippen molar-refractivity contribution in [3.63, 3.8) is 0 Å². The Morgan fingerprint density at radius 1 is 1.07 bits per heavy atom. The Hall–Kier alpha value is -2.44. The van der Waals surface area contributed by atoms with E-state index in [2.05, 4.69) is 0 Å². The summed E-state index contributed by atoms with van der Waals surface area (Å²) in [5, 5.41) is 9.43. The molecule has 1 aliphatic heterocycles. The van der Waals surface area contributed by atoms with E-state index in [1.54, 1.807) is 24.3 Å². The van der Waals surface area contributed by atoms with Crippen molar-refractivity contribution >= 4 is 16.0 Å². The third kappa shape index (κ3) is 3.55. The van der Waals surface area contributed by atoms with E-state index in [1.807, 2.05) is 44.2 Å². The second-order valence-corrected chi connectivity index (χ2v) is 8.85. The van der Waals surface area contributed by atoms with Gasteiger partial charge >= 0.3 is 5.97 Å². The van der Waals surface area contributed by atoms with Crippen LogP contribution in [-0.2, 0) is 14.8 Å². The summed E-state index contributed by atoms with van der Waals surface area (Å²) in [6, 6.07) is 15.7. The van der Waals surface area contributed by atoms with Crippen LogP contribution in [0.25, 0.3) is 0 Å². The van der Waals surface area contributed by atoms with E-state index in [0.717, 1.165) is 11.1 Å². The van der Waals surface area contributed by atoms with Gasteiger partial charge in [0.25, 0.3) is 0 Å². The predicted octanol–water partition coefficient (Wildman–Crippen LogP) is 3.78. The van der Waals surface area contributed by atoms with E-state index in [-0.39, 0.29) is 22.9 Å². The second kappa shape index (κ2) is 7.29. The van der Waals surface area contributed by atoms with Crippen LogP contribution < -0.4 is 0 Å². The molecule has 0 radical (unpaired) electrons. The van der Waals surface area contributed by atoms with Crippen LogP contribution in [0.4, 0.5) is 0 Å². The number of hydrogen-bond acceptors (Lipinski definition) is 3. The van der Waals surface area contributed by atoms with Crippen LogP contribution in [0.15, 0.2) is 70.6 Å². The first-order valence-corrected chi connectivity index (χ1v) is 10.2. The molecule has 0 aliphatic carbocycles. The summed E-state index contributed by atoms with van der Waals surface area (Å²) in [5.74, 6) is -1.25. The highest BCUT2D eigenvalue weighted by molar-refractivity contribution is 7.89. The average molecular weight is 385 g/mol. The molecule has 0 spiro atoms. The fraction of sp³-hybridized carbons (Fsp3) is 0.286. The van der Waals surface area contributed by atoms with E-state index in [1.165, 1.54) is 11.2 Å². The zero-order valence-corrected chi connectivity index (χ0v) is 16.4. The van der Waals surface area contributed by atoms with Crippen molar-refractivity contribution in [3.8, 4) is 0 Å². The van der Waals surface area contributed by atoms with Crippen LogP contribution in [-0.4, -0.2) is 30.3 Å². The fourth-order valence-electron chi connectivity index (χ4n) is 3.63. The number of carboxylic acid groups (broad SMARTS) is 1. The first-order chi connectivity index (χ1) is 12.7. The Labute approximate surface area is 160 Å². The summed E-state index contributed by atoms with van der Waals surface area (Å²) in [7, 11) is -3.77. The third-order valence-corrected chi connectivity index (χ3v) is 7.07. The van der Waals surface area contributed by atoms with Gasteiger partial charge in [0.05, 0.1) is 10.9 Å². The van der Waals surface area contributed by atoms with Gasteiger partial charge in [0, 0.05) is 12.1 Å². The van der Waals surface area contributed by atoms with Crippen LogP contribution in [0.2, 0.25) is 0 Å². The molecule has 1 aliphatic rings. The Balaban J connectivity index is 2.14. The van der Waals surface area contributed by atoms with Crippen molar-refractivity contribution in [2.45, 2.75) is 31.7 Å². The van der Waals surface area contributed by atoms with Crippen LogP contribution in [0, 0.1) is 12.8 Å². The molecule has 142 valence electrons. The monoisotopic (exact) mass is 385 g/mol. The maximum atomic E-state index is 13.4. The minimum Gasteiger partial charge on any atom is -0.478 e. The molecule has 5 nitrogen and oxygen atoms in total. The van der Waals surface area contributed by atoms with Gasteiger partial charge in [0.1, 0.15) is 0 Å². The molecule has 2 unspecified atom stereocenters. The average Bonchev–Trinajstić information content (AvgIpc) is 3.00. The third-order valence-electron chi connectivity index (χ3n) is 5.23. The predicted molar refractivity (Wildman–Crippen MR) is 104 cm³/mol. The molecule has 0 amide bonds. The Kier molecular flexibility index (Phi) is 5.22. The standard InChI is InChI=1S/C21H23NO4S/c1-14-9-11-18(12-10-14)27(25,26)22-13-19(16(3)21(23)24)15(2)20(22)17-7-5-4-6-8-17/h4-12,15,20H,13H2,1-3H3,(H,23,24)/b19-16-. The highest BCUT2D eigenvalue weighted by Crippen LogP contribution is 2.44. The van der Waals surface area contributed by atoms with Gasteiger partial charge in [-0.15, -0.1) is 0 Å². The van der Waals surface area contributed by atoms with Crippen molar-refractivity contribution < 1.29 is 18.3 Å². The van der Waals surface area contributed by atoms with Crippen molar-refractivity contribution in [3.05, 3.63) is 76.9 Å². The lowest BCUT2D eigenvalue weighted by atomic mass is 9.90. The number of benzene rings is 2. The lowest BCUT2D eigenvalue weighted by Gasteiger charge is -2.26. The molecule has 2 atom stereocenters. The number of hydrogen-bond donors (Lipinski definition) is 1. The Morgan fingerprint density at radius 2 is 1.67 bits per heavy atom. The topological polar surface area (TPSA) is 74.7 Å². The first kappa shape index (κ1) is 19.3. The number of aliphatic carboxylic acids is 1. The minimum absolute atomic E-state index is 0.0784. The smallest absolute Gasteiger partial charge is 0.331 e. The van der Waals surface area contributed by atoms with E-state index < -0.39 is 22.0 Å². The second-order valence-electron chi connectivity index (χ2n) is 6.96. The van der Waals surface area contributed by atoms with Gasteiger partial charge in [0.2, 0.25) is 10.0 Å². The summed E-state index contributed by atoms with van der Waals surface area (Å²) in [6.45, 7) is 5.41. The Bertz CT molecular complexity index is 979. The summed E-state index contributed by atoms with van der Waals surface area (Å²) in [4.78, 5) is 11.7. The molecule has 0 saturated carbocycles. The molecule has 0 bridgehead atoms. The van der Waals surface area contributed by atoms with Gasteiger partial charge in [-0.25, -0.2) is 13.2 Å². The van der Waals surface area contributed by atoms with Gasteiger partial charge in [-0.3, -0.25) is 0 Å². The molecular formula is C21H23NO4S. The number of sulfonamides is 1. The highest BCUT2D eigenvalue weighted by Gasteiger charge is 2.44. The lowest BCUT2D eigenvalue weighted by Crippen LogP contribution is -2.32. The summed E-state index contributed by atoms with van der Waals surface area (Å²) in [6.07, 6.45) is 0. The molecule has 1 saturated heterocycles. The normalized spacial score (nSPS) is 22.6. The highest BCUT2D eigenvalue weighted by atomic mass is 32.2. The van der Waals surface area contributed by atoms with Crippen LogP contribution in [0.1, 0.15) is 31.0 Å². The van der Waals surface area contributed by atoms with Gasteiger partial charge < -0.3 is 5.11 Å². The molecule has 27 heavy (non-hydrogen) atoms. The van der Waals surface area contributed by atoms with Gasteiger partial charge in [-0.1, -0.05) is 55.0 Å². The lowest BCUT2D eigenvalue weighted by molar-refractivity contribution is -0.132. The quantitative estimate of drug-likeness (QED) is 0.813. The minimum atomic E-state index is -3.77. The van der Waals surface area contributed by atoms with Crippen molar-refractivity contribution in [2.75, 3.05) is 6.54 Å². The van der Waals surface area contributed by atoms with E-state index in [9.17, 15) is 18.3 Å². The summed E-state index contributed by atoms with van der Waals surface area (Å²) in [5.41, 5.74) is 2.69. The summed E-state index contributed by atoms with van der Waals surface area (Å²) < 4.78 is 28.2. The van der Waals surface area contributed by atoms with Crippen molar-refractivity contribution in [2.24, 2.45) is 5.92 Å². The van der Waals surface area contributed by atoms with Gasteiger partial charge in [-0.05, 0) is 43.0 Å². The molecule has 6 heteroatoms. The SMILES string of the molecule is C/C(C(=O)O)=C1\CN(S(=O)(=O)c2ccc(C)cc2)C(c2ccccc2)C1C. The van der Waals surface area contributed by atoms with Crippen LogP contribution in [0.3, 0.4) is 0 Å². The molecule has 2 aromatic rings. The van der Waals surface area contributed by atoms with E-state index >= 15 is 0 Å². The zero-order chi connectivity index (χ0) is 19.8. The number of nitrogens with zero attached hydrogens (tertiary/aromatic N) is 1. The number of carbonyl (C=O) groups is 1. The maximum absolute atomic E-state index is 13.4. The number of carboxylic acids is 1. The van der Waals surface area contributed by atoms with E-state index in [4.69, 9.17) is 0 Å². The molecule has 1 N–H and O–H groups in total. The Morgan fingerprint density at radius 3 is 2.22 bits per heavy atom. The van der Waals surface area contributed by atoms with Crippen LogP contribution >= 0.6 is 0 Å². The van der Waals surface area contributed by atoms with Gasteiger partial charge in [-0.2, -0.15) is 4.31 Å². The van der Waals surface area contributed by atoms with Crippen LogP contribution in [0.5, 0.6) is 0 Å². The molecule has 3 rings (SSSR count). The molecule has 2 aromatic carbocycles. The van der Waals surface area contributed by atoms with Crippen molar-refractivity contribution in [1.29, 1.82) is 0 Å². The maximum Gasteiger partial charge on any atom is 0.331 e. The summed E-state index contributed by atoms with van der Waals surface area (Å²) >= 11 is 0. The number of aryl methyl sites for hydroxylation is 1. The molecule has 0 aromatic heterocycles. The van der Waals surface area contributed by atoms with E-state index in [0.29, 0.717) is 5.57 Å². The largest absolute Gasteiger partial charge is 0.478 e. The fourth-order valence-corrected chi connectivity index (χ4v) is 5.30. The number of rotatable bonds is 4. The molecule has 1 heterocycles. The van der Waals surface area contributed by atoms with Crippen molar-refractivity contribution in [1.82, 2.24) is 4.31 Å². The molecular weight excluding hydrogens is 362 g/mol.